The zero-order valence-electron chi connectivity index (χ0n) is 18.2. The SMILES string of the molecule is CC(C)OC(=O)N1CCC2(CCc3cc(-c4ccc5ccnc(N)c5c4)ccc32)CC1. The molecule has 1 saturated heterocycles. The zero-order valence-corrected chi connectivity index (χ0v) is 18.2. The molecule has 1 amide bonds. The van der Waals surface area contributed by atoms with Gasteiger partial charge in [0, 0.05) is 24.7 Å². The maximum atomic E-state index is 12.3. The van der Waals surface area contributed by atoms with Crippen molar-refractivity contribution in [3.8, 4) is 11.1 Å². The smallest absolute Gasteiger partial charge is 0.410 e. The number of carbonyl (C=O) groups is 1. The highest BCUT2D eigenvalue weighted by molar-refractivity contribution is 5.94. The fraction of sp³-hybridized carbons (Fsp3) is 0.385. The summed E-state index contributed by atoms with van der Waals surface area (Å²) in [6.45, 7) is 5.33. The van der Waals surface area contributed by atoms with E-state index in [1.807, 2.05) is 24.8 Å². The van der Waals surface area contributed by atoms with Crippen molar-refractivity contribution in [1.29, 1.82) is 0 Å². The molecule has 1 fully saturated rings. The number of pyridine rings is 1. The maximum absolute atomic E-state index is 12.3. The molecule has 3 aromatic rings. The number of aryl methyl sites for hydroxylation is 1. The van der Waals surface area contributed by atoms with Gasteiger partial charge in [0.15, 0.2) is 0 Å². The standard InChI is InChI=1S/C26H29N3O2/c1-17(2)31-25(30)29-13-10-26(11-14-29)9-7-21-15-19(5-6-23(21)26)20-4-3-18-8-12-28-24(27)22(18)16-20/h3-6,8,12,15-17H,7,9-11,13-14H2,1-2H3,(H2,27,28). The van der Waals surface area contributed by atoms with Gasteiger partial charge in [0.05, 0.1) is 6.10 Å². The molecular weight excluding hydrogens is 386 g/mol. The number of hydrogen-bond acceptors (Lipinski definition) is 4. The number of nitrogen functional groups attached to an aromatic ring is 1. The average molecular weight is 416 g/mol. The van der Waals surface area contributed by atoms with Crippen molar-refractivity contribution in [1.82, 2.24) is 9.88 Å². The third kappa shape index (κ3) is 3.52. The van der Waals surface area contributed by atoms with E-state index >= 15 is 0 Å². The lowest BCUT2D eigenvalue weighted by Gasteiger charge is -2.40. The summed E-state index contributed by atoms with van der Waals surface area (Å²) in [5.74, 6) is 0.571. The predicted molar refractivity (Wildman–Crippen MR) is 124 cm³/mol. The molecule has 2 aliphatic rings. The second kappa shape index (κ2) is 7.56. The number of benzene rings is 2. The lowest BCUT2D eigenvalue weighted by atomic mass is 9.73. The molecule has 1 aliphatic carbocycles. The third-order valence-corrected chi connectivity index (χ3v) is 7.00. The van der Waals surface area contributed by atoms with Gasteiger partial charge in [-0.15, -0.1) is 0 Å². The molecule has 31 heavy (non-hydrogen) atoms. The molecule has 5 rings (SSSR count). The van der Waals surface area contributed by atoms with Crippen molar-refractivity contribution in [2.45, 2.75) is 51.0 Å². The molecule has 1 aliphatic heterocycles. The highest BCUT2D eigenvalue weighted by Crippen LogP contribution is 2.47. The number of hydrogen-bond donors (Lipinski definition) is 1. The quantitative estimate of drug-likeness (QED) is 0.616. The molecular formula is C26H29N3O2. The predicted octanol–water partition coefficient (Wildman–Crippen LogP) is 5.31. The van der Waals surface area contributed by atoms with Gasteiger partial charge in [0.2, 0.25) is 0 Å². The van der Waals surface area contributed by atoms with Crippen LogP contribution in [-0.2, 0) is 16.6 Å². The second-order valence-electron chi connectivity index (χ2n) is 9.20. The molecule has 0 bridgehead atoms. The van der Waals surface area contributed by atoms with Crippen molar-refractivity contribution in [2.75, 3.05) is 18.8 Å². The molecule has 0 unspecified atom stereocenters. The fourth-order valence-electron chi connectivity index (χ4n) is 5.29. The molecule has 1 aromatic heterocycles. The Morgan fingerprint density at radius 3 is 2.58 bits per heavy atom. The summed E-state index contributed by atoms with van der Waals surface area (Å²) in [6, 6.07) is 15.3. The number of piperidine rings is 1. The minimum absolute atomic E-state index is 0.0738. The van der Waals surface area contributed by atoms with Gasteiger partial charge < -0.3 is 15.4 Å². The van der Waals surface area contributed by atoms with Crippen molar-refractivity contribution in [2.24, 2.45) is 0 Å². The number of carbonyl (C=O) groups excluding carboxylic acids is 1. The van der Waals surface area contributed by atoms with Gasteiger partial charge in [-0.1, -0.05) is 30.3 Å². The Bertz CT molecular complexity index is 1150. The monoisotopic (exact) mass is 415 g/mol. The molecule has 160 valence electrons. The molecule has 5 nitrogen and oxygen atoms in total. The topological polar surface area (TPSA) is 68.5 Å². The number of fused-ring (bicyclic) bond motifs is 3. The lowest BCUT2D eigenvalue weighted by molar-refractivity contribution is 0.0614. The third-order valence-electron chi connectivity index (χ3n) is 7.00. The first-order chi connectivity index (χ1) is 14.9. The number of aromatic nitrogens is 1. The van der Waals surface area contributed by atoms with Crippen LogP contribution in [0.15, 0.2) is 48.7 Å². The van der Waals surface area contributed by atoms with Crippen LogP contribution < -0.4 is 5.73 Å². The number of likely N-dealkylation sites (tertiary alicyclic amines) is 1. The minimum atomic E-state index is -0.177. The van der Waals surface area contributed by atoms with E-state index in [0.717, 1.165) is 49.5 Å². The van der Waals surface area contributed by atoms with E-state index in [0.29, 0.717) is 5.82 Å². The van der Waals surface area contributed by atoms with Gasteiger partial charge >= 0.3 is 6.09 Å². The van der Waals surface area contributed by atoms with E-state index in [9.17, 15) is 4.79 Å². The number of nitrogens with two attached hydrogens (primary N) is 1. The molecule has 0 atom stereocenters. The van der Waals surface area contributed by atoms with Gasteiger partial charge in [0.25, 0.3) is 0 Å². The molecule has 2 N–H and O–H groups in total. The van der Waals surface area contributed by atoms with Crippen molar-refractivity contribution in [3.05, 3.63) is 59.8 Å². The van der Waals surface area contributed by atoms with E-state index in [1.54, 1.807) is 6.20 Å². The zero-order chi connectivity index (χ0) is 21.6. The summed E-state index contributed by atoms with van der Waals surface area (Å²) in [6.07, 6.45) is 5.76. The van der Waals surface area contributed by atoms with E-state index in [2.05, 4.69) is 41.4 Å². The maximum Gasteiger partial charge on any atom is 0.410 e. The van der Waals surface area contributed by atoms with Crippen LogP contribution in [0.3, 0.4) is 0 Å². The molecule has 2 aromatic carbocycles. The Morgan fingerprint density at radius 2 is 1.81 bits per heavy atom. The van der Waals surface area contributed by atoms with E-state index in [-0.39, 0.29) is 17.6 Å². The summed E-state index contributed by atoms with van der Waals surface area (Å²) in [7, 11) is 0. The van der Waals surface area contributed by atoms with Crippen LogP contribution in [0.2, 0.25) is 0 Å². The van der Waals surface area contributed by atoms with Crippen LogP contribution >= 0.6 is 0 Å². The largest absolute Gasteiger partial charge is 0.447 e. The summed E-state index contributed by atoms with van der Waals surface area (Å²) in [4.78, 5) is 18.4. The van der Waals surface area contributed by atoms with Crippen LogP contribution in [0.4, 0.5) is 10.6 Å². The summed E-state index contributed by atoms with van der Waals surface area (Å²) < 4.78 is 5.39. The summed E-state index contributed by atoms with van der Waals surface area (Å²) in [5.41, 5.74) is 11.6. The second-order valence-corrected chi connectivity index (χ2v) is 9.20. The Morgan fingerprint density at radius 1 is 1.06 bits per heavy atom. The van der Waals surface area contributed by atoms with E-state index in [4.69, 9.17) is 10.5 Å². The molecule has 1 spiro atoms. The highest BCUT2D eigenvalue weighted by Gasteiger charge is 2.42. The Hall–Kier alpha value is -3.08. The normalized spacial score (nSPS) is 17.3. The first-order valence-corrected chi connectivity index (χ1v) is 11.2. The van der Waals surface area contributed by atoms with Crippen LogP contribution in [0, 0.1) is 0 Å². The first-order valence-electron chi connectivity index (χ1n) is 11.2. The van der Waals surface area contributed by atoms with Crippen LogP contribution in [-0.4, -0.2) is 35.2 Å². The van der Waals surface area contributed by atoms with Crippen LogP contribution in [0.25, 0.3) is 21.9 Å². The number of rotatable bonds is 2. The summed E-state index contributed by atoms with van der Waals surface area (Å²) in [5, 5.41) is 2.11. The highest BCUT2D eigenvalue weighted by atomic mass is 16.6. The first kappa shape index (κ1) is 19.9. The Kier molecular flexibility index (Phi) is 4.84. The van der Waals surface area contributed by atoms with E-state index in [1.165, 1.54) is 22.3 Å². The molecule has 5 heteroatoms. The molecule has 0 saturated carbocycles. The molecule has 0 radical (unpaired) electrons. The minimum Gasteiger partial charge on any atom is -0.447 e. The number of nitrogens with zero attached hydrogens (tertiary/aromatic N) is 2. The van der Waals surface area contributed by atoms with Gasteiger partial charge in [0.1, 0.15) is 5.82 Å². The van der Waals surface area contributed by atoms with Crippen LogP contribution in [0.5, 0.6) is 0 Å². The van der Waals surface area contributed by atoms with Crippen LogP contribution in [0.1, 0.15) is 44.2 Å². The van der Waals surface area contributed by atoms with Gasteiger partial charge in [-0.05, 0) is 84.7 Å². The number of amides is 1. The van der Waals surface area contributed by atoms with Crippen molar-refractivity contribution >= 4 is 22.7 Å². The van der Waals surface area contributed by atoms with Crippen molar-refractivity contribution in [3.63, 3.8) is 0 Å². The average Bonchev–Trinajstić information content (AvgIpc) is 3.11. The summed E-state index contributed by atoms with van der Waals surface area (Å²) >= 11 is 0. The number of anilines is 1. The fourth-order valence-corrected chi connectivity index (χ4v) is 5.29. The number of ether oxygens (including phenoxy) is 1. The van der Waals surface area contributed by atoms with E-state index < -0.39 is 0 Å². The Balaban J connectivity index is 1.39. The van der Waals surface area contributed by atoms with Gasteiger partial charge in [-0.3, -0.25) is 0 Å². The lowest BCUT2D eigenvalue weighted by Crippen LogP contribution is -2.45. The molecule has 2 heterocycles. The van der Waals surface area contributed by atoms with Gasteiger partial charge in [-0.25, -0.2) is 9.78 Å². The van der Waals surface area contributed by atoms with Gasteiger partial charge in [-0.2, -0.15) is 0 Å². The Labute approximate surface area is 183 Å². The van der Waals surface area contributed by atoms with Crippen molar-refractivity contribution < 1.29 is 9.53 Å².